The molecule has 0 atom stereocenters. The van der Waals surface area contributed by atoms with Crippen LogP contribution < -0.4 is 0 Å². The molecule has 0 amide bonds. The molecule has 2 aliphatic heterocycles. The lowest BCUT2D eigenvalue weighted by Crippen LogP contribution is -2.36. The van der Waals surface area contributed by atoms with Gasteiger partial charge < -0.3 is 0 Å². The van der Waals surface area contributed by atoms with Gasteiger partial charge in [0.25, 0.3) is 0 Å². The highest BCUT2D eigenvalue weighted by atomic mass is 32.2. The monoisotopic (exact) mass is 371 g/mol. The van der Waals surface area contributed by atoms with E-state index in [0.29, 0.717) is 18.0 Å². The minimum atomic E-state index is -3.49. The summed E-state index contributed by atoms with van der Waals surface area (Å²) in [4.78, 5) is 7.17. The first-order valence-corrected chi connectivity index (χ1v) is 10.8. The molecule has 26 heavy (non-hydrogen) atoms. The van der Waals surface area contributed by atoms with Crippen molar-refractivity contribution in [2.75, 3.05) is 19.6 Å². The third kappa shape index (κ3) is 3.68. The summed E-state index contributed by atoms with van der Waals surface area (Å²) in [5.41, 5.74) is 3.09. The highest BCUT2D eigenvalue weighted by Crippen LogP contribution is 2.24. The van der Waals surface area contributed by atoms with Gasteiger partial charge in [0.2, 0.25) is 10.0 Å². The van der Waals surface area contributed by atoms with E-state index in [1.807, 2.05) is 30.3 Å². The molecule has 0 N–H and O–H groups in total. The molecule has 0 spiro atoms. The molecule has 1 saturated heterocycles. The van der Waals surface area contributed by atoms with Gasteiger partial charge in [-0.15, -0.1) is 0 Å². The van der Waals surface area contributed by atoms with E-state index in [4.69, 9.17) is 0 Å². The van der Waals surface area contributed by atoms with Crippen LogP contribution in [0.5, 0.6) is 0 Å². The molecule has 0 saturated carbocycles. The van der Waals surface area contributed by atoms with Gasteiger partial charge >= 0.3 is 0 Å². The Hall–Kier alpha value is -1.76. The third-order valence-corrected chi connectivity index (χ3v) is 7.17. The molecule has 4 rings (SSSR count). The van der Waals surface area contributed by atoms with Gasteiger partial charge in [0.05, 0.1) is 17.1 Å². The normalized spacial score (nSPS) is 19.2. The average Bonchev–Trinajstić information content (AvgIpc) is 2.68. The summed E-state index contributed by atoms with van der Waals surface area (Å²) in [6.07, 6.45) is 6.22. The predicted molar refractivity (Wildman–Crippen MR) is 101 cm³/mol. The largest absolute Gasteiger partial charge is 0.299 e. The van der Waals surface area contributed by atoms with E-state index in [1.54, 1.807) is 16.6 Å². The first-order valence-electron chi connectivity index (χ1n) is 9.37. The van der Waals surface area contributed by atoms with Crippen molar-refractivity contribution in [3.63, 3.8) is 0 Å². The maximum absolute atomic E-state index is 13.1. The van der Waals surface area contributed by atoms with Crippen LogP contribution in [0.4, 0.5) is 0 Å². The number of fused-ring (bicyclic) bond motifs is 1. The lowest BCUT2D eigenvalue weighted by molar-refractivity contribution is 0.221. The zero-order valence-electron chi connectivity index (χ0n) is 15.0. The van der Waals surface area contributed by atoms with Crippen molar-refractivity contribution in [3.8, 4) is 0 Å². The second kappa shape index (κ2) is 7.47. The molecule has 6 heteroatoms. The third-order valence-electron chi connectivity index (χ3n) is 5.33. The summed E-state index contributed by atoms with van der Waals surface area (Å²) < 4.78 is 27.8. The lowest BCUT2D eigenvalue weighted by Gasteiger charge is -2.28. The van der Waals surface area contributed by atoms with Crippen LogP contribution >= 0.6 is 0 Å². The summed E-state index contributed by atoms with van der Waals surface area (Å²) in [7, 11) is -3.49. The van der Waals surface area contributed by atoms with Gasteiger partial charge in [0.15, 0.2) is 0 Å². The van der Waals surface area contributed by atoms with Crippen molar-refractivity contribution in [2.24, 2.45) is 0 Å². The molecule has 0 aliphatic carbocycles. The summed E-state index contributed by atoms with van der Waals surface area (Å²) in [5, 5.41) is 0. The molecule has 1 fully saturated rings. The van der Waals surface area contributed by atoms with Gasteiger partial charge in [0, 0.05) is 19.3 Å². The second-order valence-electron chi connectivity index (χ2n) is 7.18. The van der Waals surface area contributed by atoms with Crippen LogP contribution in [0.15, 0.2) is 47.5 Å². The maximum Gasteiger partial charge on any atom is 0.243 e. The van der Waals surface area contributed by atoms with Crippen LogP contribution in [-0.4, -0.2) is 42.2 Å². The first-order chi connectivity index (χ1) is 12.6. The topological polar surface area (TPSA) is 53.5 Å². The fourth-order valence-electron chi connectivity index (χ4n) is 3.87. The van der Waals surface area contributed by atoms with E-state index in [0.717, 1.165) is 42.9 Å². The molecular formula is C20H25N3O2S. The summed E-state index contributed by atoms with van der Waals surface area (Å²) in [6.45, 7) is 3.90. The number of rotatable bonds is 4. The van der Waals surface area contributed by atoms with Crippen molar-refractivity contribution >= 4 is 10.0 Å². The van der Waals surface area contributed by atoms with Gasteiger partial charge in [0.1, 0.15) is 0 Å². The van der Waals surface area contributed by atoms with Gasteiger partial charge in [-0.25, -0.2) is 8.42 Å². The van der Waals surface area contributed by atoms with Crippen molar-refractivity contribution in [1.29, 1.82) is 0 Å². The fourth-order valence-corrected chi connectivity index (χ4v) is 5.34. The first kappa shape index (κ1) is 17.6. The Bertz CT molecular complexity index is 876. The number of piperidine rings is 1. The van der Waals surface area contributed by atoms with Crippen molar-refractivity contribution in [3.05, 3.63) is 59.4 Å². The highest BCUT2D eigenvalue weighted by molar-refractivity contribution is 7.89. The molecule has 1 aromatic heterocycles. The van der Waals surface area contributed by atoms with Crippen LogP contribution in [0.2, 0.25) is 0 Å². The van der Waals surface area contributed by atoms with Crippen LogP contribution in [-0.2, 0) is 29.5 Å². The van der Waals surface area contributed by atoms with Crippen molar-refractivity contribution < 1.29 is 8.42 Å². The molecule has 0 bridgehead atoms. The Morgan fingerprint density at radius 1 is 1.00 bits per heavy atom. The van der Waals surface area contributed by atoms with E-state index in [9.17, 15) is 8.42 Å². The molecule has 2 aliphatic rings. The van der Waals surface area contributed by atoms with Crippen molar-refractivity contribution in [2.45, 2.75) is 43.7 Å². The SMILES string of the molecule is O=S(=O)(c1cccc(CN2CCCCC2)c1)N1CCc2cccnc2C1. The standard InChI is InChI=1S/C20H25N3O2S/c24-26(25,23-13-9-18-7-5-10-21-20(18)16-23)19-8-4-6-17(14-19)15-22-11-2-1-3-12-22/h4-8,10,14H,1-3,9,11-13,15-16H2. The number of likely N-dealkylation sites (tertiary alicyclic amines) is 1. The van der Waals surface area contributed by atoms with E-state index in [1.165, 1.54) is 19.3 Å². The molecule has 138 valence electrons. The van der Waals surface area contributed by atoms with Crippen LogP contribution in [0.25, 0.3) is 0 Å². The van der Waals surface area contributed by atoms with Crippen LogP contribution in [0, 0.1) is 0 Å². The summed E-state index contributed by atoms with van der Waals surface area (Å²) in [5.74, 6) is 0. The highest BCUT2D eigenvalue weighted by Gasteiger charge is 2.29. The second-order valence-corrected chi connectivity index (χ2v) is 9.12. The molecule has 3 heterocycles. The Kier molecular flexibility index (Phi) is 5.07. The number of sulfonamides is 1. The van der Waals surface area contributed by atoms with E-state index < -0.39 is 10.0 Å². The molecule has 2 aromatic rings. The molecule has 1 aromatic carbocycles. The van der Waals surface area contributed by atoms with E-state index in [2.05, 4.69) is 9.88 Å². The summed E-state index contributed by atoms with van der Waals surface area (Å²) >= 11 is 0. The number of pyridine rings is 1. The Balaban J connectivity index is 1.53. The van der Waals surface area contributed by atoms with Crippen LogP contribution in [0.1, 0.15) is 36.1 Å². The Morgan fingerprint density at radius 2 is 1.85 bits per heavy atom. The number of aromatic nitrogens is 1. The minimum Gasteiger partial charge on any atom is -0.299 e. The van der Waals surface area contributed by atoms with Gasteiger partial charge in [-0.2, -0.15) is 4.31 Å². The Labute approximate surface area is 155 Å². The summed E-state index contributed by atoms with van der Waals surface area (Å²) in [6, 6.07) is 11.4. The molecule has 0 unspecified atom stereocenters. The fraction of sp³-hybridized carbons (Fsp3) is 0.450. The van der Waals surface area contributed by atoms with Crippen molar-refractivity contribution in [1.82, 2.24) is 14.2 Å². The average molecular weight is 372 g/mol. The number of nitrogens with zero attached hydrogens (tertiary/aromatic N) is 3. The Morgan fingerprint density at radius 3 is 2.69 bits per heavy atom. The van der Waals surface area contributed by atoms with Gasteiger partial charge in [-0.3, -0.25) is 9.88 Å². The quantitative estimate of drug-likeness (QED) is 0.829. The zero-order chi connectivity index (χ0) is 18.0. The number of hydrogen-bond acceptors (Lipinski definition) is 4. The van der Waals surface area contributed by atoms with E-state index >= 15 is 0 Å². The predicted octanol–water partition coefficient (Wildman–Crippen LogP) is 2.81. The number of hydrogen-bond donors (Lipinski definition) is 0. The minimum absolute atomic E-state index is 0.356. The molecule has 5 nitrogen and oxygen atoms in total. The van der Waals surface area contributed by atoms with Crippen LogP contribution in [0.3, 0.4) is 0 Å². The molecule has 0 radical (unpaired) electrons. The smallest absolute Gasteiger partial charge is 0.243 e. The molecular weight excluding hydrogens is 346 g/mol. The maximum atomic E-state index is 13.1. The van der Waals surface area contributed by atoms with E-state index in [-0.39, 0.29) is 0 Å². The van der Waals surface area contributed by atoms with Gasteiger partial charge in [-0.1, -0.05) is 24.6 Å². The number of benzene rings is 1. The van der Waals surface area contributed by atoms with Gasteiger partial charge in [-0.05, 0) is 61.7 Å². The zero-order valence-corrected chi connectivity index (χ0v) is 15.8. The lowest BCUT2D eigenvalue weighted by atomic mass is 10.1.